The number of rotatable bonds is 4. The van der Waals surface area contributed by atoms with Crippen LogP contribution in [0.25, 0.3) is 0 Å². The van der Waals surface area contributed by atoms with E-state index in [4.69, 9.17) is 4.74 Å². The summed E-state index contributed by atoms with van der Waals surface area (Å²) in [5.41, 5.74) is 0.747. The van der Waals surface area contributed by atoms with Crippen molar-refractivity contribution in [2.45, 2.75) is 25.5 Å². The monoisotopic (exact) mass is 227 g/mol. The fourth-order valence-corrected chi connectivity index (χ4v) is 1.83. The minimum Gasteiger partial charge on any atom is -0.377 e. The second-order valence-corrected chi connectivity index (χ2v) is 4.01. The average Bonchev–Trinajstić information content (AvgIpc) is 2.76. The van der Waals surface area contributed by atoms with Crippen LogP contribution >= 0.6 is 0 Å². The molecule has 2 rings (SSSR count). The number of hydrogen-bond acceptors (Lipinski definition) is 2. The third kappa shape index (κ3) is 3.00. The minimum absolute atomic E-state index is 0.269. The van der Waals surface area contributed by atoms with Crippen molar-refractivity contribution in [2.75, 3.05) is 13.2 Å². The maximum Gasteiger partial charge on any atom is 0.159 e. The Morgan fingerprint density at radius 2 is 2.19 bits per heavy atom. The Balaban J connectivity index is 1.78. The highest BCUT2D eigenvalue weighted by Crippen LogP contribution is 2.11. The Morgan fingerprint density at radius 3 is 2.88 bits per heavy atom. The predicted octanol–water partition coefficient (Wildman–Crippen LogP) is 2.23. The maximum absolute atomic E-state index is 12.9. The number of nitrogens with one attached hydrogen (secondary N) is 1. The molecule has 0 amide bonds. The molecular formula is C12H15F2NO. The molecule has 0 saturated carbocycles. The van der Waals surface area contributed by atoms with Crippen molar-refractivity contribution >= 4 is 0 Å². The number of benzene rings is 1. The number of ether oxygens (including phenoxy) is 1. The molecule has 16 heavy (non-hydrogen) atoms. The number of halogens is 2. The molecule has 1 aliphatic rings. The van der Waals surface area contributed by atoms with Crippen molar-refractivity contribution in [3.63, 3.8) is 0 Å². The molecule has 4 heteroatoms. The molecule has 0 radical (unpaired) electrons. The second kappa shape index (κ2) is 5.37. The smallest absolute Gasteiger partial charge is 0.159 e. The SMILES string of the molecule is Fc1ccc(CNCC2CCCO2)cc1F. The van der Waals surface area contributed by atoms with Crippen LogP contribution in [0.1, 0.15) is 18.4 Å². The summed E-state index contributed by atoms with van der Waals surface area (Å²) in [5.74, 6) is -1.60. The van der Waals surface area contributed by atoms with Gasteiger partial charge in [0.15, 0.2) is 11.6 Å². The molecule has 1 aromatic rings. The van der Waals surface area contributed by atoms with Crippen LogP contribution in [0.5, 0.6) is 0 Å². The first-order chi connectivity index (χ1) is 7.75. The van der Waals surface area contributed by atoms with Gasteiger partial charge in [-0.1, -0.05) is 6.07 Å². The van der Waals surface area contributed by atoms with Gasteiger partial charge in [-0.2, -0.15) is 0 Å². The summed E-state index contributed by atoms with van der Waals surface area (Å²) in [5, 5.41) is 3.18. The molecular weight excluding hydrogens is 212 g/mol. The molecule has 1 aromatic carbocycles. The maximum atomic E-state index is 12.9. The zero-order valence-corrected chi connectivity index (χ0v) is 9.01. The summed E-state index contributed by atoms with van der Waals surface area (Å²) >= 11 is 0. The Kier molecular flexibility index (Phi) is 3.85. The van der Waals surface area contributed by atoms with E-state index in [1.54, 1.807) is 6.07 Å². The van der Waals surface area contributed by atoms with Crippen LogP contribution in [0.15, 0.2) is 18.2 Å². The van der Waals surface area contributed by atoms with Crippen LogP contribution in [0, 0.1) is 11.6 Å². The molecule has 1 fully saturated rings. The van der Waals surface area contributed by atoms with Crippen LogP contribution in [-0.2, 0) is 11.3 Å². The third-order valence-corrected chi connectivity index (χ3v) is 2.71. The van der Waals surface area contributed by atoms with Gasteiger partial charge < -0.3 is 10.1 Å². The predicted molar refractivity (Wildman–Crippen MR) is 57.0 cm³/mol. The molecule has 0 bridgehead atoms. The molecule has 1 atom stereocenters. The van der Waals surface area contributed by atoms with Crippen molar-refractivity contribution in [2.24, 2.45) is 0 Å². The summed E-state index contributed by atoms with van der Waals surface area (Å²) in [6, 6.07) is 3.96. The summed E-state index contributed by atoms with van der Waals surface area (Å²) < 4.78 is 31.0. The first kappa shape index (κ1) is 11.5. The first-order valence-corrected chi connectivity index (χ1v) is 5.52. The highest BCUT2D eigenvalue weighted by molar-refractivity contribution is 5.17. The van der Waals surface area contributed by atoms with Gasteiger partial charge in [-0.05, 0) is 30.5 Å². The Bertz CT molecular complexity index is 351. The van der Waals surface area contributed by atoms with E-state index >= 15 is 0 Å². The first-order valence-electron chi connectivity index (χ1n) is 5.52. The third-order valence-electron chi connectivity index (χ3n) is 2.71. The molecule has 1 heterocycles. The highest BCUT2D eigenvalue weighted by Gasteiger charge is 2.14. The highest BCUT2D eigenvalue weighted by atomic mass is 19.2. The Morgan fingerprint density at radius 1 is 1.31 bits per heavy atom. The van der Waals surface area contributed by atoms with Gasteiger partial charge in [-0.3, -0.25) is 0 Å². The summed E-state index contributed by atoms with van der Waals surface area (Å²) in [6.45, 7) is 2.13. The fraction of sp³-hybridized carbons (Fsp3) is 0.500. The summed E-state index contributed by atoms with van der Waals surface area (Å²) in [6.07, 6.45) is 2.45. The van der Waals surface area contributed by atoms with Gasteiger partial charge in [0.05, 0.1) is 6.10 Å². The Labute approximate surface area is 93.6 Å². The number of hydrogen-bond donors (Lipinski definition) is 1. The lowest BCUT2D eigenvalue weighted by Crippen LogP contribution is -2.25. The van der Waals surface area contributed by atoms with Crippen molar-refractivity contribution in [1.82, 2.24) is 5.32 Å². The fourth-order valence-electron chi connectivity index (χ4n) is 1.83. The quantitative estimate of drug-likeness (QED) is 0.851. The van der Waals surface area contributed by atoms with Gasteiger partial charge in [-0.15, -0.1) is 0 Å². The zero-order chi connectivity index (χ0) is 11.4. The van der Waals surface area contributed by atoms with Crippen molar-refractivity contribution in [3.05, 3.63) is 35.4 Å². The lowest BCUT2D eigenvalue weighted by atomic mass is 10.2. The van der Waals surface area contributed by atoms with Crippen LogP contribution in [0.4, 0.5) is 8.78 Å². The van der Waals surface area contributed by atoms with E-state index in [9.17, 15) is 8.78 Å². The lowest BCUT2D eigenvalue weighted by molar-refractivity contribution is 0.110. The van der Waals surface area contributed by atoms with Crippen LogP contribution in [0.3, 0.4) is 0 Å². The van der Waals surface area contributed by atoms with Crippen LogP contribution in [0.2, 0.25) is 0 Å². The van der Waals surface area contributed by atoms with E-state index in [1.807, 2.05) is 0 Å². The molecule has 0 aliphatic carbocycles. The minimum atomic E-state index is -0.803. The second-order valence-electron chi connectivity index (χ2n) is 4.01. The van der Waals surface area contributed by atoms with Gasteiger partial charge in [-0.25, -0.2) is 8.78 Å². The van der Waals surface area contributed by atoms with Gasteiger partial charge in [0.2, 0.25) is 0 Å². The topological polar surface area (TPSA) is 21.3 Å². The summed E-state index contributed by atoms with van der Waals surface area (Å²) in [4.78, 5) is 0. The average molecular weight is 227 g/mol. The van der Waals surface area contributed by atoms with Crippen molar-refractivity contribution < 1.29 is 13.5 Å². The molecule has 1 unspecified atom stereocenters. The van der Waals surface area contributed by atoms with Gasteiger partial charge in [0.25, 0.3) is 0 Å². The molecule has 0 aromatic heterocycles. The molecule has 88 valence electrons. The zero-order valence-electron chi connectivity index (χ0n) is 9.01. The van der Waals surface area contributed by atoms with Crippen LogP contribution in [-0.4, -0.2) is 19.3 Å². The standard InChI is InChI=1S/C12H15F2NO/c13-11-4-3-9(6-12(11)14)7-15-8-10-2-1-5-16-10/h3-4,6,10,15H,1-2,5,7-8H2. The van der Waals surface area contributed by atoms with E-state index < -0.39 is 11.6 Å². The van der Waals surface area contributed by atoms with Gasteiger partial charge in [0.1, 0.15) is 0 Å². The van der Waals surface area contributed by atoms with Gasteiger partial charge >= 0.3 is 0 Å². The lowest BCUT2D eigenvalue weighted by Gasteiger charge is -2.10. The largest absolute Gasteiger partial charge is 0.377 e. The molecule has 2 nitrogen and oxygen atoms in total. The molecule has 1 aliphatic heterocycles. The van der Waals surface area contributed by atoms with E-state index in [2.05, 4.69) is 5.32 Å². The van der Waals surface area contributed by atoms with Crippen LogP contribution < -0.4 is 5.32 Å². The van der Waals surface area contributed by atoms with E-state index in [0.29, 0.717) is 6.54 Å². The van der Waals surface area contributed by atoms with E-state index in [-0.39, 0.29) is 6.10 Å². The van der Waals surface area contributed by atoms with E-state index in [1.165, 1.54) is 6.07 Å². The molecule has 1 saturated heterocycles. The van der Waals surface area contributed by atoms with E-state index in [0.717, 1.165) is 37.6 Å². The van der Waals surface area contributed by atoms with Crippen molar-refractivity contribution in [3.8, 4) is 0 Å². The van der Waals surface area contributed by atoms with Gasteiger partial charge in [0, 0.05) is 19.7 Å². The van der Waals surface area contributed by atoms with Crippen molar-refractivity contribution in [1.29, 1.82) is 0 Å². The Hall–Kier alpha value is -1.00. The summed E-state index contributed by atoms with van der Waals surface area (Å²) in [7, 11) is 0. The molecule has 1 N–H and O–H groups in total. The normalized spacial score (nSPS) is 20.2. The molecule has 0 spiro atoms.